The van der Waals surface area contributed by atoms with E-state index in [0.29, 0.717) is 33.2 Å². The van der Waals surface area contributed by atoms with Gasteiger partial charge in [-0.1, -0.05) is 46.4 Å². The van der Waals surface area contributed by atoms with Crippen LogP contribution in [-0.2, 0) is 13.1 Å². The maximum absolute atomic E-state index is 6.93. The first-order valence-corrected chi connectivity index (χ1v) is 16.6. The lowest BCUT2D eigenvalue weighted by Crippen LogP contribution is -2.37. The van der Waals surface area contributed by atoms with Gasteiger partial charge in [0, 0.05) is 76.6 Å². The van der Waals surface area contributed by atoms with Crippen LogP contribution in [0.2, 0.25) is 20.1 Å². The van der Waals surface area contributed by atoms with Gasteiger partial charge >= 0.3 is 0 Å². The van der Waals surface area contributed by atoms with Gasteiger partial charge in [0.2, 0.25) is 0 Å². The van der Waals surface area contributed by atoms with Gasteiger partial charge in [-0.3, -0.25) is 9.80 Å². The quantitative estimate of drug-likeness (QED) is 0.281. The van der Waals surface area contributed by atoms with Crippen LogP contribution in [0.5, 0.6) is 0 Å². The van der Waals surface area contributed by atoms with Crippen LogP contribution in [0.4, 0.5) is 0 Å². The third-order valence-electron chi connectivity index (χ3n) is 7.45. The largest absolute Gasteiger partial charge is 0.315 e. The molecule has 3 rings (SSSR count). The van der Waals surface area contributed by atoms with Gasteiger partial charge in [0.1, 0.15) is 0 Å². The smallest absolute Gasteiger partial charge is 0.0656 e. The van der Waals surface area contributed by atoms with Crippen LogP contribution in [0.1, 0.15) is 36.8 Å². The molecule has 0 amide bonds. The molecule has 2 fully saturated rings. The number of hydrogen-bond donors (Lipinski definition) is 6. The summed E-state index contributed by atoms with van der Waals surface area (Å²) in [5.41, 5.74) is 1.64. The first-order chi connectivity index (χ1) is 19.6. The number of benzene rings is 1. The molecule has 230 valence electrons. The second-order valence-electron chi connectivity index (χ2n) is 10.7. The molecule has 1 aromatic carbocycles. The molecule has 0 spiro atoms. The molecular formula is C28H50Cl4N8. The van der Waals surface area contributed by atoms with Crippen LogP contribution in [-0.4, -0.2) is 115 Å². The molecule has 2 heterocycles. The molecule has 1 aromatic rings. The first kappa shape index (κ1) is 34.5. The molecule has 0 aromatic heterocycles. The second-order valence-corrected chi connectivity index (χ2v) is 12.2. The van der Waals surface area contributed by atoms with Gasteiger partial charge in [-0.2, -0.15) is 0 Å². The van der Waals surface area contributed by atoms with E-state index in [4.69, 9.17) is 46.4 Å². The molecule has 0 atom stereocenters. The zero-order valence-corrected chi connectivity index (χ0v) is 27.0. The molecule has 0 bridgehead atoms. The SMILES string of the molecule is Clc1c(Cl)c(CN2CCCNCCNCCCNCC2)c(Cl)c(Cl)c1CN1CCCNCCNCCCNCC1. The van der Waals surface area contributed by atoms with E-state index in [1.807, 2.05) is 0 Å². The second kappa shape index (κ2) is 20.9. The minimum absolute atomic E-state index is 0.525. The zero-order chi connectivity index (χ0) is 28.4. The van der Waals surface area contributed by atoms with E-state index in [9.17, 15) is 0 Å². The predicted octanol–water partition coefficient (Wildman–Crippen LogP) is 3.03. The van der Waals surface area contributed by atoms with Crippen LogP contribution in [0.25, 0.3) is 0 Å². The Morgan fingerprint density at radius 3 is 1.02 bits per heavy atom. The summed E-state index contributed by atoms with van der Waals surface area (Å²) in [6.07, 6.45) is 4.32. The normalized spacial score (nSPS) is 21.9. The summed E-state index contributed by atoms with van der Waals surface area (Å²) in [7, 11) is 0. The Morgan fingerprint density at radius 1 is 0.375 bits per heavy atom. The molecule has 0 unspecified atom stereocenters. The van der Waals surface area contributed by atoms with Crippen LogP contribution in [0, 0.1) is 0 Å². The standard InChI is InChI=1S/C28H50Cl4N8/c29-25-23(21-39-17-3-9-35-13-11-33-5-1-7-37-15-19-39)26(30)28(32)24(27(25)31)22-40-18-4-10-36-14-12-34-6-2-8-38-16-20-40/h33-38H,1-22H2. The molecule has 0 aliphatic carbocycles. The van der Waals surface area contributed by atoms with E-state index in [-0.39, 0.29) is 0 Å². The summed E-state index contributed by atoms with van der Waals surface area (Å²) in [4.78, 5) is 4.79. The van der Waals surface area contributed by atoms with Crippen molar-refractivity contribution in [1.82, 2.24) is 41.7 Å². The minimum atomic E-state index is 0.525. The highest BCUT2D eigenvalue weighted by molar-refractivity contribution is 6.48. The summed E-state index contributed by atoms with van der Waals surface area (Å²) in [6, 6.07) is 0. The Labute approximate surface area is 261 Å². The monoisotopic (exact) mass is 638 g/mol. The van der Waals surface area contributed by atoms with Gasteiger partial charge in [-0.25, -0.2) is 0 Å². The van der Waals surface area contributed by atoms with Crippen molar-refractivity contribution >= 4 is 46.4 Å². The van der Waals surface area contributed by atoms with Gasteiger partial charge in [0.05, 0.1) is 20.1 Å². The lowest BCUT2D eigenvalue weighted by atomic mass is 10.1. The van der Waals surface area contributed by atoms with E-state index in [2.05, 4.69) is 41.7 Å². The molecule has 6 N–H and O–H groups in total. The number of halogens is 4. The lowest BCUT2D eigenvalue weighted by molar-refractivity contribution is 0.258. The highest BCUT2D eigenvalue weighted by atomic mass is 35.5. The van der Waals surface area contributed by atoms with Gasteiger partial charge < -0.3 is 31.9 Å². The Morgan fingerprint density at radius 2 is 0.675 bits per heavy atom. The van der Waals surface area contributed by atoms with Crippen molar-refractivity contribution in [3.63, 3.8) is 0 Å². The number of rotatable bonds is 4. The molecule has 40 heavy (non-hydrogen) atoms. The fraction of sp³-hybridized carbons (Fsp3) is 0.786. The molecule has 0 radical (unpaired) electrons. The van der Waals surface area contributed by atoms with Crippen molar-refractivity contribution in [2.24, 2.45) is 0 Å². The van der Waals surface area contributed by atoms with E-state index in [1.54, 1.807) is 0 Å². The number of nitrogens with one attached hydrogen (secondary N) is 6. The van der Waals surface area contributed by atoms with E-state index < -0.39 is 0 Å². The van der Waals surface area contributed by atoms with Crippen LogP contribution in [0.15, 0.2) is 0 Å². The maximum atomic E-state index is 6.93. The summed E-state index contributed by atoms with van der Waals surface area (Å²) in [6.45, 7) is 16.8. The third kappa shape index (κ3) is 12.7. The fourth-order valence-electron chi connectivity index (χ4n) is 5.10. The van der Waals surface area contributed by atoms with Crippen molar-refractivity contribution in [3.8, 4) is 0 Å². The van der Waals surface area contributed by atoms with Gasteiger partial charge in [-0.05, 0) is 78.0 Å². The number of nitrogens with zero attached hydrogens (tertiary/aromatic N) is 2. The van der Waals surface area contributed by atoms with Crippen LogP contribution >= 0.6 is 46.4 Å². The van der Waals surface area contributed by atoms with Gasteiger partial charge in [0.25, 0.3) is 0 Å². The highest BCUT2D eigenvalue weighted by Gasteiger charge is 2.23. The highest BCUT2D eigenvalue weighted by Crippen LogP contribution is 2.42. The van der Waals surface area contributed by atoms with Crippen molar-refractivity contribution < 1.29 is 0 Å². The van der Waals surface area contributed by atoms with Gasteiger partial charge in [0.15, 0.2) is 0 Å². The lowest BCUT2D eigenvalue weighted by Gasteiger charge is -2.27. The maximum Gasteiger partial charge on any atom is 0.0656 e. The Bertz CT molecular complexity index is 723. The topological polar surface area (TPSA) is 78.7 Å². The fourth-order valence-corrected chi connectivity index (χ4v) is 6.27. The Hall–Kier alpha value is 0.0600. The van der Waals surface area contributed by atoms with E-state index in [1.165, 1.54) is 0 Å². The summed E-state index contributed by atoms with van der Waals surface area (Å²) >= 11 is 27.7. The molecule has 8 nitrogen and oxygen atoms in total. The van der Waals surface area contributed by atoms with Gasteiger partial charge in [-0.15, -0.1) is 0 Å². The van der Waals surface area contributed by atoms with Crippen LogP contribution in [0.3, 0.4) is 0 Å². The Balaban J connectivity index is 1.67. The van der Waals surface area contributed by atoms with Crippen molar-refractivity contribution in [2.45, 2.75) is 38.8 Å². The average Bonchev–Trinajstić information content (AvgIpc) is 2.95. The summed E-state index contributed by atoms with van der Waals surface area (Å²) in [5, 5.41) is 23.2. The van der Waals surface area contributed by atoms with Crippen molar-refractivity contribution in [2.75, 3.05) is 105 Å². The molecule has 2 saturated heterocycles. The summed E-state index contributed by atoms with van der Waals surface area (Å²) in [5.74, 6) is 0. The minimum Gasteiger partial charge on any atom is -0.315 e. The van der Waals surface area contributed by atoms with E-state index in [0.717, 1.165) is 142 Å². The molecule has 2 aliphatic heterocycles. The molecule has 0 saturated carbocycles. The average molecular weight is 641 g/mol. The number of hydrogen-bond acceptors (Lipinski definition) is 8. The predicted molar refractivity (Wildman–Crippen MR) is 173 cm³/mol. The van der Waals surface area contributed by atoms with Crippen molar-refractivity contribution in [3.05, 3.63) is 31.2 Å². The molecule has 2 aliphatic rings. The first-order valence-electron chi connectivity index (χ1n) is 15.1. The third-order valence-corrected chi connectivity index (χ3v) is 9.31. The Kier molecular flexibility index (Phi) is 18.0. The molecule has 12 heteroatoms. The molecular weight excluding hydrogens is 590 g/mol. The van der Waals surface area contributed by atoms with Crippen LogP contribution < -0.4 is 31.9 Å². The zero-order valence-electron chi connectivity index (χ0n) is 24.0. The van der Waals surface area contributed by atoms with E-state index >= 15 is 0 Å². The van der Waals surface area contributed by atoms with Crippen molar-refractivity contribution in [1.29, 1.82) is 0 Å². The summed E-state index contributed by atoms with van der Waals surface area (Å²) < 4.78 is 0.